The zero-order chi connectivity index (χ0) is 10.1. The van der Waals surface area contributed by atoms with Crippen LogP contribution in [0.1, 0.15) is 12.5 Å². The van der Waals surface area contributed by atoms with E-state index >= 15 is 0 Å². The normalized spacial score (nSPS) is 13.3. The van der Waals surface area contributed by atoms with Gasteiger partial charge in [0.15, 0.2) is 5.58 Å². The summed E-state index contributed by atoms with van der Waals surface area (Å²) in [5, 5.41) is 0. The molecule has 1 aromatic carbocycles. The Bertz CT molecular complexity index is 498. The lowest BCUT2D eigenvalue weighted by Gasteiger charge is -2.04. The second-order valence-electron chi connectivity index (χ2n) is 3.38. The Morgan fingerprint density at radius 2 is 2.36 bits per heavy atom. The highest BCUT2D eigenvalue weighted by Crippen LogP contribution is 2.21. The van der Waals surface area contributed by atoms with Crippen LogP contribution in [-0.2, 0) is 6.42 Å². The van der Waals surface area contributed by atoms with Crippen LogP contribution >= 0.6 is 11.3 Å². The lowest BCUT2D eigenvalue weighted by atomic mass is 10.1. The molecule has 3 nitrogen and oxygen atoms in total. The Morgan fingerprint density at radius 1 is 1.57 bits per heavy atom. The fourth-order valence-electron chi connectivity index (χ4n) is 1.46. The topological polar surface area (TPSA) is 56.2 Å². The maximum Gasteiger partial charge on any atom is 0.396 e. The van der Waals surface area contributed by atoms with Crippen LogP contribution in [0, 0.1) is 0 Å². The summed E-state index contributed by atoms with van der Waals surface area (Å²) in [5.41, 5.74) is 7.41. The molecule has 1 unspecified atom stereocenters. The fourth-order valence-corrected chi connectivity index (χ4v) is 2.18. The van der Waals surface area contributed by atoms with E-state index in [1.807, 2.05) is 25.1 Å². The highest BCUT2D eigenvalue weighted by Gasteiger charge is 2.08. The second kappa shape index (κ2) is 3.55. The van der Waals surface area contributed by atoms with Gasteiger partial charge in [0.2, 0.25) is 0 Å². The third-order valence-electron chi connectivity index (χ3n) is 1.98. The summed E-state index contributed by atoms with van der Waals surface area (Å²) in [4.78, 5) is 10.8. The van der Waals surface area contributed by atoms with Gasteiger partial charge >= 0.3 is 4.94 Å². The van der Waals surface area contributed by atoms with E-state index in [1.165, 1.54) is 0 Å². The van der Waals surface area contributed by atoms with E-state index in [9.17, 15) is 4.79 Å². The number of rotatable bonds is 2. The van der Waals surface area contributed by atoms with E-state index in [-0.39, 0.29) is 11.0 Å². The van der Waals surface area contributed by atoms with Crippen LogP contribution in [0.2, 0.25) is 0 Å². The van der Waals surface area contributed by atoms with Crippen LogP contribution in [-0.4, -0.2) is 6.04 Å². The zero-order valence-electron chi connectivity index (χ0n) is 7.82. The lowest BCUT2D eigenvalue weighted by molar-refractivity contribution is 0.578. The van der Waals surface area contributed by atoms with Crippen LogP contribution in [0.15, 0.2) is 27.4 Å². The van der Waals surface area contributed by atoms with Gasteiger partial charge in [0.05, 0.1) is 4.70 Å². The molecule has 0 amide bonds. The van der Waals surface area contributed by atoms with E-state index in [4.69, 9.17) is 10.2 Å². The Balaban J connectivity index is 2.58. The largest absolute Gasteiger partial charge is 0.414 e. The van der Waals surface area contributed by atoms with Crippen molar-refractivity contribution in [1.82, 2.24) is 0 Å². The van der Waals surface area contributed by atoms with Gasteiger partial charge in [-0.1, -0.05) is 23.5 Å². The number of fused-ring (bicyclic) bond motifs is 1. The van der Waals surface area contributed by atoms with Crippen molar-refractivity contribution in [3.8, 4) is 0 Å². The van der Waals surface area contributed by atoms with Crippen molar-refractivity contribution < 1.29 is 4.42 Å². The first-order chi connectivity index (χ1) is 6.66. The highest BCUT2D eigenvalue weighted by atomic mass is 32.1. The van der Waals surface area contributed by atoms with Gasteiger partial charge in [-0.15, -0.1) is 0 Å². The molecule has 0 aliphatic rings. The van der Waals surface area contributed by atoms with Crippen molar-refractivity contribution in [3.63, 3.8) is 0 Å². The standard InChI is InChI=1S/C10H11NO2S/c1-6(11)5-7-3-2-4-8-9(7)13-10(12)14-8/h2-4,6H,5,11H2,1H3. The third kappa shape index (κ3) is 1.71. The predicted molar refractivity (Wildman–Crippen MR) is 57.7 cm³/mol. The van der Waals surface area contributed by atoms with Crippen molar-refractivity contribution in [2.45, 2.75) is 19.4 Å². The molecule has 1 aromatic heterocycles. The van der Waals surface area contributed by atoms with Crippen LogP contribution in [0.5, 0.6) is 0 Å². The van der Waals surface area contributed by atoms with Crippen molar-refractivity contribution >= 4 is 21.6 Å². The average Bonchev–Trinajstić information content (AvgIpc) is 2.45. The van der Waals surface area contributed by atoms with Gasteiger partial charge in [-0.3, -0.25) is 0 Å². The number of benzene rings is 1. The van der Waals surface area contributed by atoms with Crippen LogP contribution in [0.25, 0.3) is 10.3 Å². The molecule has 14 heavy (non-hydrogen) atoms. The van der Waals surface area contributed by atoms with Crippen LogP contribution in [0.3, 0.4) is 0 Å². The van der Waals surface area contributed by atoms with Gasteiger partial charge in [-0.05, 0) is 25.0 Å². The minimum Gasteiger partial charge on any atom is -0.414 e. The Morgan fingerprint density at radius 3 is 3.07 bits per heavy atom. The van der Waals surface area contributed by atoms with Gasteiger partial charge in [0, 0.05) is 6.04 Å². The van der Waals surface area contributed by atoms with Gasteiger partial charge < -0.3 is 10.2 Å². The quantitative estimate of drug-likeness (QED) is 0.819. The second-order valence-corrected chi connectivity index (χ2v) is 4.36. The predicted octanol–water partition coefficient (Wildman–Crippen LogP) is 1.74. The van der Waals surface area contributed by atoms with Crippen molar-refractivity contribution in [2.24, 2.45) is 5.73 Å². The summed E-state index contributed by atoms with van der Waals surface area (Å²) in [6, 6.07) is 5.83. The third-order valence-corrected chi connectivity index (χ3v) is 2.77. The molecule has 4 heteroatoms. The molecule has 1 heterocycles. The summed E-state index contributed by atoms with van der Waals surface area (Å²) in [6.07, 6.45) is 0.733. The number of nitrogens with two attached hydrogens (primary N) is 1. The van der Waals surface area contributed by atoms with E-state index < -0.39 is 0 Å². The first-order valence-corrected chi connectivity index (χ1v) is 5.25. The SMILES string of the molecule is CC(N)Cc1cccc2sc(=O)oc12. The summed E-state index contributed by atoms with van der Waals surface area (Å²) in [6.45, 7) is 1.93. The summed E-state index contributed by atoms with van der Waals surface area (Å²) in [5.74, 6) is 0. The van der Waals surface area contributed by atoms with E-state index in [1.54, 1.807) is 0 Å². The van der Waals surface area contributed by atoms with E-state index in [0.717, 1.165) is 28.0 Å². The molecule has 0 saturated heterocycles. The molecule has 2 rings (SSSR count). The fraction of sp³-hybridized carbons (Fsp3) is 0.300. The average molecular weight is 209 g/mol. The molecule has 0 bridgehead atoms. The first kappa shape index (κ1) is 9.43. The van der Waals surface area contributed by atoms with Gasteiger partial charge in [-0.2, -0.15) is 0 Å². The molecule has 74 valence electrons. The number of hydrogen-bond acceptors (Lipinski definition) is 4. The number of para-hydroxylation sites is 1. The van der Waals surface area contributed by atoms with E-state index in [0.29, 0.717) is 5.58 Å². The lowest BCUT2D eigenvalue weighted by Crippen LogP contribution is -2.17. The Kier molecular flexibility index (Phi) is 2.39. The van der Waals surface area contributed by atoms with Crippen LogP contribution in [0.4, 0.5) is 0 Å². The molecule has 0 saturated carbocycles. The maximum atomic E-state index is 11.0. The van der Waals surface area contributed by atoms with Gasteiger partial charge in [0.25, 0.3) is 0 Å². The van der Waals surface area contributed by atoms with Crippen LogP contribution < -0.4 is 10.7 Å². The zero-order valence-corrected chi connectivity index (χ0v) is 8.64. The molecule has 0 spiro atoms. The van der Waals surface area contributed by atoms with Crippen molar-refractivity contribution in [1.29, 1.82) is 0 Å². The summed E-state index contributed by atoms with van der Waals surface area (Å²) < 4.78 is 6.00. The van der Waals surface area contributed by atoms with Crippen molar-refractivity contribution in [3.05, 3.63) is 33.5 Å². The molecule has 0 aliphatic heterocycles. The minimum atomic E-state index is -0.253. The number of hydrogen-bond donors (Lipinski definition) is 1. The molecule has 0 aliphatic carbocycles. The van der Waals surface area contributed by atoms with Gasteiger partial charge in [0.1, 0.15) is 0 Å². The Labute approximate surface area is 85.2 Å². The molecule has 2 N–H and O–H groups in total. The smallest absolute Gasteiger partial charge is 0.396 e. The molecule has 0 radical (unpaired) electrons. The van der Waals surface area contributed by atoms with Gasteiger partial charge in [-0.25, -0.2) is 4.79 Å². The Hall–Kier alpha value is -1.13. The monoisotopic (exact) mass is 209 g/mol. The minimum absolute atomic E-state index is 0.0748. The first-order valence-electron chi connectivity index (χ1n) is 4.44. The summed E-state index contributed by atoms with van der Waals surface area (Å²) >= 11 is 1.13. The van der Waals surface area contributed by atoms with E-state index in [2.05, 4.69) is 0 Å². The molecular formula is C10H11NO2S. The molecule has 2 aromatic rings. The molecule has 1 atom stereocenters. The molecule has 0 fully saturated rings. The maximum absolute atomic E-state index is 11.0. The van der Waals surface area contributed by atoms with Crippen molar-refractivity contribution in [2.75, 3.05) is 0 Å². The highest BCUT2D eigenvalue weighted by molar-refractivity contribution is 7.16. The summed E-state index contributed by atoms with van der Waals surface area (Å²) in [7, 11) is 0. The molecular weight excluding hydrogens is 198 g/mol.